The standard InChI is InChI=1S/C17H21ClO4/c1-9-4-5-12-10(2)16(20)21-15(12)14-11(9)6-7-17(14,3)22-13(19)8-18/h12,14-15H,2,4-8H2,1,3H3/t12-,14?,15-,17+/m0/s1. The van der Waals surface area contributed by atoms with Crippen LogP contribution in [0.15, 0.2) is 23.3 Å². The zero-order valence-electron chi connectivity index (χ0n) is 13.0. The third-order valence-electron chi connectivity index (χ3n) is 5.44. The average molecular weight is 325 g/mol. The number of hydrogen-bond donors (Lipinski definition) is 0. The van der Waals surface area contributed by atoms with Crippen LogP contribution in [-0.4, -0.2) is 29.5 Å². The van der Waals surface area contributed by atoms with Crippen LogP contribution in [0.1, 0.15) is 39.5 Å². The molecule has 0 N–H and O–H groups in total. The molecular formula is C17H21ClO4. The summed E-state index contributed by atoms with van der Waals surface area (Å²) in [4.78, 5) is 23.7. The summed E-state index contributed by atoms with van der Waals surface area (Å²) in [6.07, 6.45) is 3.13. The number of halogens is 1. The van der Waals surface area contributed by atoms with E-state index in [4.69, 9.17) is 21.1 Å². The second kappa shape index (κ2) is 5.41. The molecule has 0 spiro atoms. The number of esters is 2. The first kappa shape index (κ1) is 15.6. The van der Waals surface area contributed by atoms with Crippen LogP contribution in [0, 0.1) is 11.8 Å². The summed E-state index contributed by atoms with van der Waals surface area (Å²) < 4.78 is 11.3. The van der Waals surface area contributed by atoms with E-state index in [1.54, 1.807) is 0 Å². The largest absolute Gasteiger partial charge is 0.458 e. The van der Waals surface area contributed by atoms with Crippen molar-refractivity contribution in [1.29, 1.82) is 0 Å². The highest BCUT2D eigenvalue weighted by atomic mass is 35.5. The van der Waals surface area contributed by atoms with Crippen molar-refractivity contribution < 1.29 is 19.1 Å². The molecule has 3 rings (SSSR count). The van der Waals surface area contributed by atoms with E-state index < -0.39 is 11.6 Å². The molecule has 4 atom stereocenters. The van der Waals surface area contributed by atoms with Crippen molar-refractivity contribution in [1.82, 2.24) is 0 Å². The minimum Gasteiger partial charge on any atom is -0.458 e. The monoisotopic (exact) mass is 324 g/mol. The topological polar surface area (TPSA) is 52.6 Å². The molecule has 2 aliphatic carbocycles. The summed E-state index contributed by atoms with van der Waals surface area (Å²) in [6, 6.07) is 0. The van der Waals surface area contributed by atoms with Crippen molar-refractivity contribution in [2.75, 3.05) is 5.88 Å². The normalized spacial score (nSPS) is 37.5. The number of alkyl halides is 1. The van der Waals surface area contributed by atoms with E-state index in [9.17, 15) is 9.59 Å². The maximum absolute atomic E-state index is 11.9. The van der Waals surface area contributed by atoms with Gasteiger partial charge in [0.2, 0.25) is 0 Å². The van der Waals surface area contributed by atoms with Crippen molar-refractivity contribution in [3.63, 3.8) is 0 Å². The van der Waals surface area contributed by atoms with Gasteiger partial charge in [-0.15, -0.1) is 11.6 Å². The second-order valence-electron chi connectivity index (χ2n) is 6.74. The van der Waals surface area contributed by atoms with Crippen LogP contribution in [0.4, 0.5) is 0 Å². The van der Waals surface area contributed by atoms with E-state index in [1.165, 1.54) is 11.1 Å². The molecule has 22 heavy (non-hydrogen) atoms. The van der Waals surface area contributed by atoms with Crippen LogP contribution in [0.25, 0.3) is 0 Å². The molecule has 4 nitrogen and oxygen atoms in total. The SMILES string of the molecule is C=C1C(=O)O[C@@H]2C3C(=C(C)CC[C@@H]12)CC[C@@]3(C)OC(=O)CCl. The van der Waals surface area contributed by atoms with Crippen LogP contribution in [-0.2, 0) is 19.1 Å². The smallest absolute Gasteiger partial charge is 0.334 e. The van der Waals surface area contributed by atoms with E-state index in [0.29, 0.717) is 5.57 Å². The Balaban J connectivity index is 2.00. The Morgan fingerprint density at radius 3 is 2.91 bits per heavy atom. The number of allylic oxidation sites excluding steroid dienone is 1. The number of rotatable bonds is 2. The molecule has 0 aromatic carbocycles. The van der Waals surface area contributed by atoms with E-state index >= 15 is 0 Å². The van der Waals surface area contributed by atoms with Crippen LogP contribution in [0.2, 0.25) is 0 Å². The van der Waals surface area contributed by atoms with Crippen molar-refractivity contribution in [3.8, 4) is 0 Å². The molecule has 5 heteroatoms. The van der Waals surface area contributed by atoms with Gasteiger partial charge in [0.1, 0.15) is 17.6 Å². The van der Waals surface area contributed by atoms with Crippen LogP contribution < -0.4 is 0 Å². The molecule has 1 heterocycles. The predicted octanol–water partition coefficient (Wildman–Crippen LogP) is 3.15. The third kappa shape index (κ3) is 2.28. The Hall–Kier alpha value is -1.29. The molecule has 120 valence electrons. The summed E-state index contributed by atoms with van der Waals surface area (Å²) >= 11 is 5.60. The first-order chi connectivity index (χ1) is 10.4. The lowest BCUT2D eigenvalue weighted by Crippen LogP contribution is -2.44. The van der Waals surface area contributed by atoms with Crippen LogP contribution in [0.3, 0.4) is 0 Å². The van der Waals surface area contributed by atoms with Gasteiger partial charge < -0.3 is 9.47 Å². The molecule has 1 unspecified atom stereocenters. The predicted molar refractivity (Wildman–Crippen MR) is 82.4 cm³/mol. The Morgan fingerprint density at radius 1 is 1.50 bits per heavy atom. The van der Waals surface area contributed by atoms with Gasteiger partial charge in [-0.05, 0) is 39.5 Å². The maximum atomic E-state index is 11.9. The first-order valence-electron chi connectivity index (χ1n) is 7.73. The summed E-state index contributed by atoms with van der Waals surface area (Å²) in [5.74, 6) is -0.979. The fourth-order valence-electron chi connectivity index (χ4n) is 4.29. The lowest BCUT2D eigenvalue weighted by Gasteiger charge is -2.35. The number of hydrogen-bond acceptors (Lipinski definition) is 4. The molecule has 0 bridgehead atoms. The van der Waals surface area contributed by atoms with Gasteiger partial charge in [0.05, 0.1) is 5.92 Å². The quantitative estimate of drug-likeness (QED) is 0.339. The highest BCUT2D eigenvalue weighted by Gasteiger charge is 2.56. The van der Waals surface area contributed by atoms with E-state index in [1.807, 2.05) is 6.92 Å². The Bertz CT molecular complexity index is 579. The zero-order chi connectivity index (χ0) is 16.1. The average Bonchev–Trinajstić information content (AvgIpc) is 2.89. The molecule has 1 aliphatic heterocycles. The lowest BCUT2D eigenvalue weighted by molar-refractivity contribution is -0.164. The van der Waals surface area contributed by atoms with E-state index in [2.05, 4.69) is 13.5 Å². The first-order valence-corrected chi connectivity index (χ1v) is 8.27. The zero-order valence-corrected chi connectivity index (χ0v) is 13.7. The highest BCUT2D eigenvalue weighted by Crippen LogP contribution is 2.53. The molecule has 2 fully saturated rings. The summed E-state index contributed by atoms with van der Waals surface area (Å²) in [5, 5.41) is 0. The van der Waals surface area contributed by atoms with Gasteiger partial charge >= 0.3 is 11.9 Å². The molecular weight excluding hydrogens is 304 g/mol. The highest BCUT2D eigenvalue weighted by molar-refractivity contribution is 6.26. The third-order valence-corrected chi connectivity index (χ3v) is 5.65. The summed E-state index contributed by atoms with van der Waals surface area (Å²) in [5.41, 5.74) is 2.49. The number of carbonyl (C=O) groups excluding carboxylic acids is 2. The molecule has 1 saturated carbocycles. The van der Waals surface area contributed by atoms with Crippen molar-refractivity contribution in [2.24, 2.45) is 11.8 Å². The number of ether oxygens (including phenoxy) is 2. The van der Waals surface area contributed by atoms with Crippen molar-refractivity contribution in [2.45, 2.75) is 51.2 Å². The fourth-order valence-corrected chi connectivity index (χ4v) is 4.35. The van der Waals surface area contributed by atoms with Gasteiger partial charge in [0.25, 0.3) is 0 Å². The lowest BCUT2D eigenvalue weighted by atomic mass is 9.79. The molecule has 0 aromatic rings. The number of fused-ring (bicyclic) bond motifs is 3. The van der Waals surface area contributed by atoms with Gasteiger partial charge in [-0.25, -0.2) is 4.79 Å². The molecule has 1 saturated heterocycles. The molecule has 3 aliphatic rings. The minimum absolute atomic E-state index is 0.0112. The van der Waals surface area contributed by atoms with Gasteiger partial charge in [-0.3, -0.25) is 4.79 Å². The molecule has 0 amide bonds. The molecule has 0 aromatic heterocycles. The Labute approximate surface area is 135 Å². The van der Waals surface area contributed by atoms with Gasteiger partial charge in [-0.1, -0.05) is 17.7 Å². The van der Waals surface area contributed by atoms with Crippen LogP contribution in [0.5, 0.6) is 0 Å². The second-order valence-corrected chi connectivity index (χ2v) is 7.01. The number of carbonyl (C=O) groups is 2. The van der Waals surface area contributed by atoms with Gasteiger partial charge in [-0.2, -0.15) is 0 Å². The van der Waals surface area contributed by atoms with Crippen molar-refractivity contribution in [3.05, 3.63) is 23.3 Å². The fraction of sp³-hybridized carbons (Fsp3) is 0.647. The van der Waals surface area contributed by atoms with Gasteiger partial charge in [0.15, 0.2) is 0 Å². The summed E-state index contributed by atoms with van der Waals surface area (Å²) in [7, 11) is 0. The Kier molecular flexibility index (Phi) is 3.84. The molecule has 0 radical (unpaired) electrons. The van der Waals surface area contributed by atoms with E-state index in [0.717, 1.165) is 25.7 Å². The van der Waals surface area contributed by atoms with Crippen LogP contribution >= 0.6 is 11.6 Å². The minimum atomic E-state index is -0.666. The van der Waals surface area contributed by atoms with Gasteiger partial charge in [0, 0.05) is 11.5 Å². The maximum Gasteiger partial charge on any atom is 0.334 e. The summed E-state index contributed by atoms with van der Waals surface area (Å²) in [6.45, 7) is 7.96. The van der Waals surface area contributed by atoms with E-state index in [-0.39, 0.29) is 29.8 Å². The Morgan fingerprint density at radius 2 is 2.23 bits per heavy atom. The van der Waals surface area contributed by atoms with Crippen molar-refractivity contribution >= 4 is 23.5 Å².